The molecule has 0 radical (unpaired) electrons. The molecule has 108 valence electrons. The standard InChI is InChI=1S/C16H21ClN2O/c1-4-14-16(11(3)20)15(5-2)19(18-14)10-12-7-6-8-13(17)9-12/h6-9,11,20H,4-5,10H2,1-3H3. The van der Waals surface area contributed by atoms with Crippen molar-refractivity contribution >= 4 is 11.6 Å². The Hall–Kier alpha value is -1.32. The minimum Gasteiger partial charge on any atom is -0.389 e. The van der Waals surface area contributed by atoms with Gasteiger partial charge in [0.25, 0.3) is 0 Å². The van der Waals surface area contributed by atoms with E-state index in [4.69, 9.17) is 11.6 Å². The summed E-state index contributed by atoms with van der Waals surface area (Å²) in [7, 11) is 0. The van der Waals surface area contributed by atoms with Gasteiger partial charge in [0, 0.05) is 16.3 Å². The second-order valence-electron chi connectivity index (χ2n) is 4.98. The molecule has 0 saturated heterocycles. The third-order valence-corrected chi connectivity index (χ3v) is 3.72. The zero-order valence-electron chi connectivity index (χ0n) is 12.2. The van der Waals surface area contributed by atoms with Crippen molar-refractivity contribution in [3.8, 4) is 0 Å². The predicted octanol–water partition coefficient (Wildman–Crippen LogP) is 3.76. The number of halogens is 1. The van der Waals surface area contributed by atoms with Crippen LogP contribution in [-0.4, -0.2) is 14.9 Å². The van der Waals surface area contributed by atoms with Crippen molar-refractivity contribution in [2.24, 2.45) is 0 Å². The molecule has 0 spiro atoms. The van der Waals surface area contributed by atoms with Crippen LogP contribution in [-0.2, 0) is 19.4 Å². The highest BCUT2D eigenvalue weighted by Gasteiger charge is 2.19. The monoisotopic (exact) mass is 292 g/mol. The van der Waals surface area contributed by atoms with Gasteiger partial charge in [-0.05, 0) is 37.5 Å². The maximum Gasteiger partial charge on any atom is 0.0798 e. The van der Waals surface area contributed by atoms with E-state index in [2.05, 4.69) is 18.9 Å². The highest BCUT2D eigenvalue weighted by molar-refractivity contribution is 6.30. The lowest BCUT2D eigenvalue weighted by Gasteiger charge is -2.10. The Bertz CT molecular complexity index is 590. The molecule has 20 heavy (non-hydrogen) atoms. The van der Waals surface area contributed by atoms with Crippen LogP contribution in [0, 0.1) is 0 Å². The average Bonchev–Trinajstić information content (AvgIpc) is 2.76. The van der Waals surface area contributed by atoms with Crippen molar-refractivity contribution < 1.29 is 5.11 Å². The Morgan fingerprint density at radius 3 is 2.60 bits per heavy atom. The number of hydrogen-bond donors (Lipinski definition) is 1. The molecule has 0 bridgehead atoms. The number of rotatable bonds is 5. The summed E-state index contributed by atoms with van der Waals surface area (Å²) in [5.41, 5.74) is 4.20. The van der Waals surface area contributed by atoms with E-state index < -0.39 is 6.10 Å². The smallest absolute Gasteiger partial charge is 0.0798 e. The lowest BCUT2D eigenvalue weighted by Crippen LogP contribution is -2.07. The van der Waals surface area contributed by atoms with Gasteiger partial charge < -0.3 is 5.11 Å². The Kier molecular flexibility index (Phi) is 4.84. The number of aryl methyl sites for hydroxylation is 1. The van der Waals surface area contributed by atoms with Crippen LogP contribution in [0.3, 0.4) is 0 Å². The van der Waals surface area contributed by atoms with E-state index >= 15 is 0 Å². The Labute approximate surface area is 125 Å². The van der Waals surface area contributed by atoms with Crippen LogP contribution in [0.1, 0.15) is 49.4 Å². The summed E-state index contributed by atoms with van der Waals surface area (Å²) in [6.07, 6.45) is 1.21. The third-order valence-electron chi connectivity index (χ3n) is 3.48. The number of aliphatic hydroxyl groups excluding tert-OH is 1. The molecule has 0 aliphatic rings. The van der Waals surface area contributed by atoms with E-state index in [0.717, 1.165) is 40.4 Å². The van der Waals surface area contributed by atoms with Gasteiger partial charge in [-0.25, -0.2) is 0 Å². The van der Waals surface area contributed by atoms with Gasteiger partial charge >= 0.3 is 0 Å². The zero-order chi connectivity index (χ0) is 14.7. The quantitative estimate of drug-likeness (QED) is 0.911. The fourth-order valence-corrected chi connectivity index (χ4v) is 2.83. The summed E-state index contributed by atoms with van der Waals surface area (Å²) >= 11 is 6.03. The van der Waals surface area contributed by atoms with Crippen molar-refractivity contribution in [3.63, 3.8) is 0 Å². The van der Waals surface area contributed by atoms with Crippen molar-refractivity contribution in [2.75, 3.05) is 0 Å². The Morgan fingerprint density at radius 2 is 2.05 bits per heavy atom. The van der Waals surface area contributed by atoms with Gasteiger partial charge in [0.15, 0.2) is 0 Å². The molecule has 1 unspecified atom stereocenters. The molecule has 1 heterocycles. The molecular weight excluding hydrogens is 272 g/mol. The second kappa shape index (κ2) is 6.42. The first-order valence-electron chi connectivity index (χ1n) is 7.07. The lowest BCUT2D eigenvalue weighted by atomic mass is 10.0. The fourth-order valence-electron chi connectivity index (χ4n) is 2.62. The first-order valence-corrected chi connectivity index (χ1v) is 7.45. The molecule has 4 heteroatoms. The summed E-state index contributed by atoms with van der Waals surface area (Å²) < 4.78 is 1.99. The van der Waals surface area contributed by atoms with Gasteiger partial charge in [0.05, 0.1) is 18.3 Å². The molecule has 1 aromatic carbocycles. The predicted molar refractivity (Wildman–Crippen MR) is 82.2 cm³/mol. The molecule has 0 aliphatic heterocycles. The van der Waals surface area contributed by atoms with E-state index in [-0.39, 0.29) is 0 Å². The number of aliphatic hydroxyl groups is 1. The van der Waals surface area contributed by atoms with E-state index in [9.17, 15) is 5.11 Å². The van der Waals surface area contributed by atoms with Crippen LogP contribution >= 0.6 is 11.6 Å². The van der Waals surface area contributed by atoms with Crippen molar-refractivity contribution in [3.05, 3.63) is 51.8 Å². The fraction of sp³-hybridized carbons (Fsp3) is 0.438. The van der Waals surface area contributed by atoms with Gasteiger partial charge in [-0.2, -0.15) is 5.10 Å². The summed E-state index contributed by atoms with van der Waals surface area (Å²) in [5.74, 6) is 0. The summed E-state index contributed by atoms with van der Waals surface area (Å²) in [5, 5.41) is 15.4. The van der Waals surface area contributed by atoms with Gasteiger partial charge in [0.2, 0.25) is 0 Å². The van der Waals surface area contributed by atoms with Gasteiger partial charge in [-0.15, -0.1) is 0 Å². The third kappa shape index (κ3) is 3.05. The molecule has 0 amide bonds. The molecular formula is C16H21ClN2O. The van der Waals surface area contributed by atoms with Gasteiger partial charge in [0.1, 0.15) is 0 Å². The Morgan fingerprint density at radius 1 is 1.30 bits per heavy atom. The van der Waals surface area contributed by atoms with Gasteiger partial charge in [-0.3, -0.25) is 4.68 Å². The van der Waals surface area contributed by atoms with Crippen molar-refractivity contribution in [2.45, 2.75) is 46.3 Å². The molecule has 0 saturated carbocycles. The van der Waals surface area contributed by atoms with Crippen LogP contribution in [0.2, 0.25) is 5.02 Å². The van der Waals surface area contributed by atoms with E-state index in [1.54, 1.807) is 6.92 Å². The van der Waals surface area contributed by atoms with Crippen LogP contribution in [0.4, 0.5) is 0 Å². The molecule has 2 rings (SSSR count). The molecule has 3 nitrogen and oxygen atoms in total. The minimum atomic E-state index is -0.479. The first-order chi connectivity index (χ1) is 9.56. The second-order valence-corrected chi connectivity index (χ2v) is 5.41. The lowest BCUT2D eigenvalue weighted by molar-refractivity contribution is 0.197. The van der Waals surface area contributed by atoms with Crippen molar-refractivity contribution in [1.82, 2.24) is 9.78 Å². The highest BCUT2D eigenvalue weighted by atomic mass is 35.5. The highest BCUT2D eigenvalue weighted by Crippen LogP contribution is 2.24. The van der Waals surface area contributed by atoms with Crippen LogP contribution in [0.15, 0.2) is 24.3 Å². The normalized spacial score (nSPS) is 12.7. The number of aromatic nitrogens is 2. The van der Waals surface area contributed by atoms with Gasteiger partial charge in [-0.1, -0.05) is 37.6 Å². The molecule has 1 N–H and O–H groups in total. The molecule has 1 aromatic heterocycles. The largest absolute Gasteiger partial charge is 0.389 e. The molecule has 0 aliphatic carbocycles. The van der Waals surface area contributed by atoms with Crippen LogP contribution in [0.25, 0.3) is 0 Å². The summed E-state index contributed by atoms with van der Waals surface area (Å²) in [6, 6.07) is 7.81. The van der Waals surface area contributed by atoms with E-state index in [1.165, 1.54) is 0 Å². The van der Waals surface area contributed by atoms with Crippen molar-refractivity contribution in [1.29, 1.82) is 0 Å². The summed E-state index contributed by atoms with van der Waals surface area (Å²) in [4.78, 5) is 0. The maximum atomic E-state index is 10.00. The maximum absolute atomic E-state index is 10.00. The zero-order valence-corrected chi connectivity index (χ0v) is 13.0. The number of benzene rings is 1. The summed E-state index contributed by atoms with van der Waals surface area (Å²) in [6.45, 7) is 6.65. The number of nitrogens with zero attached hydrogens (tertiary/aromatic N) is 2. The first kappa shape index (κ1) is 15.1. The molecule has 1 atom stereocenters. The number of hydrogen-bond acceptors (Lipinski definition) is 2. The van der Waals surface area contributed by atoms with E-state index in [1.807, 2.05) is 28.9 Å². The van der Waals surface area contributed by atoms with E-state index in [0.29, 0.717) is 6.54 Å². The Balaban J connectivity index is 2.41. The molecule has 0 fully saturated rings. The minimum absolute atomic E-state index is 0.479. The van der Waals surface area contributed by atoms with Crippen LogP contribution in [0.5, 0.6) is 0 Å². The molecule has 2 aromatic rings. The SMILES string of the molecule is CCc1nn(Cc2cccc(Cl)c2)c(CC)c1C(C)O. The average molecular weight is 293 g/mol. The van der Waals surface area contributed by atoms with Crippen LogP contribution < -0.4 is 0 Å². The topological polar surface area (TPSA) is 38.0 Å².